The van der Waals surface area contributed by atoms with Crippen molar-refractivity contribution in [2.45, 2.75) is 71.6 Å². The van der Waals surface area contributed by atoms with Crippen LogP contribution in [-0.4, -0.2) is 59.5 Å². The predicted octanol–water partition coefficient (Wildman–Crippen LogP) is 1.68. The lowest BCUT2D eigenvalue weighted by Crippen LogP contribution is -2.51. The number of carbonyl (C=O) groups excluding carboxylic acids is 5. The van der Waals surface area contributed by atoms with Gasteiger partial charge < -0.3 is 25.8 Å². The molecule has 0 bridgehead atoms. The van der Waals surface area contributed by atoms with Gasteiger partial charge in [-0.05, 0) is 46.6 Å². The molecule has 0 radical (unpaired) electrons. The van der Waals surface area contributed by atoms with Crippen LogP contribution < -0.4 is 16.4 Å². The summed E-state index contributed by atoms with van der Waals surface area (Å²) in [7, 11) is 0. The molecule has 0 heterocycles. The minimum atomic E-state index is -1.31. The summed E-state index contributed by atoms with van der Waals surface area (Å²) >= 11 is 0. The van der Waals surface area contributed by atoms with Crippen LogP contribution in [0.2, 0.25) is 0 Å². The second-order valence-corrected chi connectivity index (χ2v) is 9.20. The molecule has 1 rings (SSSR count). The lowest BCUT2D eigenvalue weighted by Gasteiger charge is -2.30. The fourth-order valence-electron chi connectivity index (χ4n) is 3.30. The number of ether oxygens (including phenoxy) is 2. The van der Waals surface area contributed by atoms with Gasteiger partial charge in [0.2, 0.25) is 11.8 Å². The Hall–Kier alpha value is -4.07. The molecule has 0 aliphatic carbocycles. The molecule has 11 heteroatoms. The highest BCUT2D eigenvalue weighted by molar-refractivity contribution is 5.93. The molecule has 11 nitrogen and oxygen atoms in total. The molecule has 1 aromatic rings. The van der Waals surface area contributed by atoms with E-state index in [2.05, 4.69) is 16.7 Å². The highest BCUT2D eigenvalue weighted by Gasteiger charge is 2.36. The summed E-state index contributed by atoms with van der Waals surface area (Å²) in [6.45, 7) is 8.57. The molecule has 2 atom stereocenters. The van der Waals surface area contributed by atoms with Gasteiger partial charge in [-0.2, -0.15) is 0 Å². The van der Waals surface area contributed by atoms with E-state index >= 15 is 0 Å². The summed E-state index contributed by atoms with van der Waals surface area (Å²) in [5.74, 6) is -2.65. The van der Waals surface area contributed by atoms with E-state index in [9.17, 15) is 24.0 Å². The van der Waals surface area contributed by atoms with E-state index in [-0.39, 0.29) is 32.4 Å². The number of alkyl carbamates (subject to hydrolysis) is 1. The van der Waals surface area contributed by atoms with Crippen molar-refractivity contribution in [3.63, 3.8) is 0 Å². The number of terminal acetylenes is 1. The zero-order valence-corrected chi connectivity index (χ0v) is 22.0. The molecule has 0 saturated carbocycles. The maximum absolute atomic E-state index is 13.6. The van der Waals surface area contributed by atoms with E-state index < -0.39 is 47.5 Å². The summed E-state index contributed by atoms with van der Waals surface area (Å²) in [5.41, 5.74) is 5.61. The van der Waals surface area contributed by atoms with E-state index in [0.717, 1.165) is 10.5 Å². The zero-order chi connectivity index (χ0) is 28.2. The number of amides is 4. The van der Waals surface area contributed by atoms with Crippen LogP contribution >= 0.6 is 0 Å². The number of carbonyl (C=O) groups is 5. The van der Waals surface area contributed by atoms with Gasteiger partial charge in [0.15, 0.2) is 0 Å². The number of hydrogen-bond acceptors (Lipinski definition) is 7. The molecule has 37 heavy (non-hydrogen) atoms. The van der Waals surface area contributed by atoms with Crippen LogP contribution in [0.25, 0.3) is 0 Å². The topological polar surface area (TPSA) is 157 Å². The first kappa shape index (κ1) is 31.0. The smallest absolute Gasteiger partial charge is 0.408 e. The van der Waals surface area contributed by atoms with Gasteiger partial charge in [0.25, 0.3) is 5.91 Å². The van der Waals surface area contributed by atoms with Crippen molar-refractivity contribution in [3.05, 3.63) is 35.4 Å². The van der Waals surface area contributed by atoms with Crippen LogP contribution in [0.5, 0.6) is 0 Å². The van der Waals surface area contributed by atoms with Gasteiger partial charge in [-0.25, -0.2) is 4.79 Å². The highest BCUT2D eigenvalue weighted by atomic mass is 16.6. The molecule has 2 unspecified atom stereocenters. The van der Waals surface area contributed by atoms with Crippen molar-refractivity contribution in [1.29, 1.82) is 0 Å². The fourth-order valence-corrected chi connectivity index (χ4v) is 3.30. The van der Waals surface area contributed by atoms with Gasteiger partial charge >= 0.3 is 12.1 Å². The number of rotatable bonds is 12. The zero-order valence-electron chi connectivity index (χ0n) is 22.0. The van der Waals surface area contributed by atoms with Crippen molar-refractivity contribution < 1.29 is 33.4 Å². The van der Waals surface area contributed by atoms with Crippen molar-refractivity contribution in [2.24, 2.45) is 5.73 Å². The predicted molar refractivity (Wildman–Crippen MR) is 135 cm³/mol. The molecule has 202 valence electrons. The molecule has 0 fully saturated rings. The van der Waals surface area contributed by atoms with Gasteiger partial charge in [0.1, 0.15) is 17.7 Å². The van der Waals surface area contributed by atoms with Gasteiger partial charge in [-0.1, -0.05) is 36.3 Å². The van der Waals surface area contributed by atoms with Crippen LogP contribution in [0.3, 0.4) is 0 Å². The quantitative estimate of drug-likeness (QED) is 0.217. The van der Waals surface area contributed by atoms with Gasteiger partial charge in [-0.3, -0.25) is 24.1 Å². The van der Waals surface area contributed by atoms with Gasteiger partial charge in [0, 0.05) is 19.0 Å². The van der Waals surface area contributed by atoms with Gasteiger partial charge in [-0.15, -0.1) is 0 Å². The van der Waals surface area contributed by atoms with Crippen molar-refractivity contribution in [2.75, 3.05) is 13.2 Å². The number of nitrogens with zero attached hydrogens (tertiary/aromatic N) is 1. The number of primary amides is 1. The van der Waals surface area contributed by atoms with Crippen LogP contribution in [-0.2, 0) is 28.7 Å². The first-order valence-corrected chi connectivity index (χ1v) is 11.9. The SMILES string of the molecule is C#CN(C(=O)C(CCC(N)=O)NC(=O)OC(C)(C)C)C(C(=O)NCCC(=O)OCC)c1cccc(C)c1. The van der Waals surface area contributed by atoms with Crippen molar-refractivity contribution in [3.8, 4) is 12.5 Å². The molecule has 0 aliphatic rings. The lowest BCUT2D eigenvalue weighted by atomic mass is 10.0. The molecule has 0 aliphatic heterocycles. The maximum Gasteiger partial charge on any atom is 0.408 e. The second-order valence-electron chi connectivity index (χ2n) is 9.20. The Labute approximate surface area is 217 Å². The molecule has 1 aromatic carbocycles. The van der Waals surface area contributed by atoms with E-state index in [1.54, 1.807) is 58.9 Å². The molecule has 0 aromatic heterocycles. The van der Waals surface area contributed by atoms with E-state index in [4.69, 9.17) is 21.6 Å². The summed E-state index contributed by atoms with van der Waals surface area (Å²) in [4.78, 5) is 63.2. The third-order valence-electron chi connectivity index (χ3n) is 4.84. The summed E-state index contributed by atoms with van der Waals surface area (Å²) in [6, 6.07) is 6.45. The molecule has 0 saturated heterocycles. The first-order chi connectivity index (χ1) is 17.3. The molecule has 0 spiro atoms. The minimum Gasteiger partial charge on any atom is -0.466 e. The number of hydrogen-bond donors (Lipinski definition) is 3. The summed E-state index contributed by atoms with van der Waals surface area (Å²) < 4.78 is 10.1. The van der Waals surface area contributed by atoms with E-state index in [0.29, 0.717) is 5.56 Å². The van der Waals surface area contributed by atoms with Crippen LogP contribution in [0.15, 0.2) is 24.3 Å². The lowest BCUT2D eigenvalue weighted by molar-refractivity contribution is -0.143. The minimum absolute atomic E-state index is 0.0478. The summed E-state index contributed by atoms with van der Waals surface area (Å²) in [5, 5.41) is 5.03. The van der Waals surface area contributed by atoms with Crippen molar-refractivity contribution in [1.82, 2.24) is 15.5 Å². The second kappa shape index (κ2) is 14.5. The highest BCUT2D eigenvalue weighted by Crippen LogP contribution is 2.23. The number of nitrogens with two attached hydrogens (primary N) is 1. The Morgan fingerprint density at radius 2 is 1.84 bits per heavy atom. The Kier molecular flexibility index (Phi) is 12.1. The Morgan fingerprint density at radius 1 is 1.16 bits per heavy atom. The summed E-state index contributed by atoms with van der Waals surface area (Å²) in [6.07, 6.45) is 4.31. The molecular weight excluding hydrogens is 480 g/mol. The molecule has 4 amide bonds. The fraction of sp³-hybridized carbons (Fsp3) is 0.500. The molecule has 4 N–H and O–H groups in total. The van der Waals surface area contributed by atoms with E-state index in [1.807, 2.05) is 0 Å². The molecular formula is C26H36N4O7. The third kappa shape index (κ3) is 11.0. The van der Waals surface area contributed by atoms with Crippen LogP contribution in [0.4, 0.5) is 4.79 Å². The number of aryl methyl sites for hydroxylation is 1. The maximum atomic E-state index is 13.6. The normalized spacial score (nSPS) is 12.3. The number of esters is 1. The Morgan fingerprint density at radius 3 is 2.38 bits per heavy atom. The van der Waals surface area contributed by atoms with Crippen LogP contribution in [0, 0.1) is 19.4 Å². The third-order valence-corrected chi connectivity index (χ3v) is 4.84. The largest absolute Gasteiger partial charge is 0.466 e. The monoisotopic (exact) mass is 516 g/mol. The van der Waals surface area contributed by atoms with E-state index in [1.165, 1.54) is 0 Å². The van der Waals surface area contributed by atoms with Crippen LogP contribution in [0.1, 0.15) is 64.1 Å². The Bertz CT molecular complexity index is 1030. The number of benzene rings is 1. The number of nitrogens with one attached hydrogen (secondary N) is 2. The van der Waals surface area contributed by atoms with Crippen molar-refractivity contribution >= 4 is 29.8 Å². The standard InChI is InChI=1S/C26H36N4O7/c1-7-30(24(34)19(12-13-20(27)31)29-25(35)37-26(4,5)6)22(18-11-9-10-17(3)16-18)23(33)28-15-14-21(32)36-8-2/h1,9-11,16,19,22H,8,12-15H2,2-6H3,(H2,27,31)(H,28,33)(H,29,35). The van der Waals surface area contributed by atoms with Gasteiger partial charge in [0.05, 0.1) is 13.0 Å². The first-order valence-electron chi connectivity index (χ1n) is 11.9. The average Bonchev–Trinajstić information content (AvgIpc) is 2.78. The average molecular weight is 517 g/mol. The Balaban J connectivity index is 3.30.